The predicted molar refractivity (Wildman–Crippen MR) is 314 cm³/mol. The van der Waals surface area contributed by atoms with Crippen molar-refractivity contribution in [3.63, 3.8) is 0 Å². The Morgan fingerprint density at radius 1 is 0.432 bits per heavy atom. The van der Waals surface area contributed by atoms with Crippen molar-refractivity contribution in [2.75, 3.05) is 47.5 Å². The van der Waals surface area contributed by atoms with Crippen molar-refractivity contribution in [3.05, 3.63) is 109 Å². The number of ether oxygens (including phenoxy) is 2. The number of likely N-dealkylation sites (N-methyl/N-ethyl adjacent to an activating group) is 1. The molecule has 2 unspecified atom stereocenters. The third-order valence-electron chi connectivity index (χ3n) is 12.3. The molecular weight excluding hydrogens is 942 g/mol. The lowest BCUT2D eigenvalue weighted by atomic mass is 10.0. The van der Waals surface area contributed by atoms with E-state index < -0.39 is 32.5 Å². The number of carbonyl (C=O) groups is 2. The lowest BCUT2D eigenvalue weighted by molar-refractivity contribution is -0.870. The van der Waals surface area contributed by atoms with Gasteiger partial charge in [0.25, 0.3) is 7.82 Å². The molecule has 0 aliphatic carbocycles. The van der Waals surface area contributed by atoms with Crippen LogP contribution in [0.4, 0.5) is 0 Å². The van der Waals surface area contributed by atoms with Crippen molar-refractivity contribution in [2.45, 2.75) is 238 Å². The zero-order chi connectivity index (χ0) is 54.2. The quantitative estimate of drug-likeness (QED) is 0.0195. The van der Waals surface area contributed by atoms with E-state index >= 15 is 0 Å². The lowest BCUT2D eigenvalue weighted by Gasteiger charge is -2.28. The van der Waals surface area contributed by atoms with Crippen LogP contribution in [-0.4, -0.2) is 70.0 Å². The van der Waals surface area contributed by atoms with Gasteiger partial charge in [-0.3, -0.25) is 14.2 Å². The van der Waals surface area contributed by atoms with Crippen LogP contribution >= 0.6 is 7.82 Å². The van der Waals surface area contributed by atoms with E-state index in [1.54, 1.807) is 0 Å². The molecule has 0 aromatic carbocycles. The van der Waals surface area contributed by atoms with Gasteiger partial charge in [0.15, 0.2) is 6.10 Å². The molecule has 74 heavy (non-hydrogen) atoms. The van der Waals surface area contributed by atoms with Gasteiger partial charge in [0.1, 0.15) is 19.8 Å². The van der Waals surface area contributed by atoms with Gasteiger partial charge in [-0.25, -0.2) is 0 Å². The second-order valence-electron chi connectivity index (χ2n) is 20.6. The maximum atomic E-state index is 12.8. The SMILES string of the molecule is CC/C=C\C/C=C\C/C=C\C/C=C\C/C=C\C/C=C\C/C=C\C/C=C\C/C=C\CCCC(=O)OC(COC(=O)CCCCCCCCCCCCCCCCCCCCCCC)COP(=O)([O-])OCC[N+](C)(C)C. The van der Waals surface area contributed by atoms with E-state index in [-0.39, 0.29) is 26.1 Å². The Kier molecular flexibility index (Phi) is 52.0. The summed E-state index contributed by atoms with van der Waals surface area (Å²) >= 11 is 0. The minimum atomic E-state index is -4.66. The Hall–Kier alpha value is -3.33. The zero-order valence-electron chi connectivity index (χ0n) is 48.0. The van der Waals surface area contributed by atoms with Crippen molar-refractivity contribution in [1.82, 2.24) is 0 Å². The van der Waals surface area contributed by atoms with Crippen molar-refractivity contribution < 1.29 is 42.1 Å². The summed E-state index contributed by atoms with van der Waals surface area (Å²) in [5.74, 6) is -0.903. The number of quaternary nitrogens is 1. The Morgan fingerprint density at radius 2 is 0.770 bits per heavy atom. The molecule has 0 aromatic rings. The molecule has 0 bridgehead atoms. The average Bonchev–Trinajstić information content (AvgIpc) is 3.36. The normalized spacial score (nSPS) is 14.1. The fourth-order valence-corrected chi connectivity index (χ4v) is 8.50. The number of rotatable bonds is 53. The van der Waals surface area contributed by atoms with E-state index in [1.807, 2.05) is 27.2 Å². The fourth-order valence-electron chi connectivity index (χ4n) is 7.78. The van der Waals surface area contributed by atoms with Gasteiger partial charge in [0.05, 0.1) is 27.7 Å². The Balaban J connectivity index is 4.30. The highest BCUT2D eigenvalue weighted by Gasteiger charge is 2.21. The summed E-state index contributed by atoms with van der Waals surface area (Å²) in [6.45, 7) is 4.07. The van der Waals surface area contributed by atoms with Gasteiger partial charge in [-0.15, -0.1) is 0 Å². The highest BCUT2D eigenvalue weighted by atomic mass is 31.2. The summed E-state index contributed by atoms with van der Waals surface area (Å²) in [5.41, 5.74) is 0. The Bertz CT molecular complexity index is 1620. The van der Waals surface area contributed by atoms with Crippen molar-refractivity contribution in [2.24, 2.45) is 0 Å². The van der Waals surface area contributed by atoms with Gasteiger partial charge in [0, 0.05) is 12.8 Å². The predicted octanol–water partition coefficient (Wildman–Crippen LogP) is 18.0. The van der Waals surface area contributed by atoms with Crippen molar-refractivity contribution >= 4 is 19.8 Å². The van der Waals surface area contributed by atoms with Gasteiger partial charge in [-0.1, -0.05) is 252 Å². The number of hydrogen-bond acceptors (Lipinski definition) is 8. The summed E-state index contributed by atoms with van der Waals surface area (Å²) in [6, 6.07) is 0. The summed E-state index contributed by atoms with van der Waals surface area (Å²) < 4.78 is 34.1. The number of carbonyl (C=O) groups excluding carboxylic acids is 2. The number of nitrogens with zero attached hydrogens (tertiary/aromatic N) is 1. The number of phosphoric acid groups is 1. The molecule has 0 aromatic heterocycles. The second-order valence-corrected chi connectivity index (χ2v) is 22.0. The fraction of sp³-hybridized carbons (Fsp3) is 0.688. The highest BCUT2D eigenvalue weighted by Crippen LogP contribution is 2.38. The molecule has 0 aliphatic heterocycles. The van der Waals surface area contributed by atoms with Gasteiger partial charge in [0.2, 0.25) is 0 Å². The Morgan fingerprint density at radius 3 is 1.14 bits per heavy atom. The molecule has 10 heteroatoms. The summed E-state index contributed by atoms with van der Waals surface area (Å²) in [7, 11) is 1.12. The van der Waals surface area contributed by atoms with Gasteiger partial charge in [-0.05, 0) is 77.0 Å². The molecule has 0 radical (unpaired) electrons. The third-order valence-corrected chi connectivity index (χ3v) is 13.3. The summed E-state index contributed by atoms with van der Waals surface area (Å²) in [4.78, 5) is 37.9. The monoisotopic (exact) mass is 1050 g/mol. The topological polar surface area (TPSA) is 111 Å². The average molecular weight is 1050 g/mol. The van der Waals surface area contributed by atoms with Crippen LogP contribution < -0.4 is 4.89 Å². The van der Waals surface area contributed by atoms with Gasteiger partial charge >= 0.3 is 11.9 Å². The molecule has 0 spiro atoms. The minimum absolute atomic E-state index is 0.0463. The summed E-state index contributed by atoms with van der Waals surface area (Å²) in [6.07, 6.45) is 75.7. The van der Waals surface area contributed by atoms with E-state index in [9.17, 15) is 19.0 Å². The molecule has 2 atom stereocenters. The van der Waals surface area contributed by atoms with Crippen molar-refractivity contribution in [1.29, 1.82) is 0 Å². The van der Waals surface area contributed by atoms with Crippen LogP contribution in [0.2, 0.25) is 0 Å². The first kappa shape index (κ1) is 70.7. The largest absolute Gasteiger partial charge is 0.756 e. The standard InChI is InChI=1S/C64H110NO8P/c1-6-8-10-12-14-16-18-20-22-24-26-28-29-30-31-32-33-34-35-37-39-41-43-45-47-49-51-53-55-57-64(67)73-62(61-72-74(68,69)71-59-58-65(3,4)5)60-70-63(66)56-54-52-50-48-46-44-42-40-38-36-27-25-23-21-19-17-15-13-11-9-7-2/h8,10,14,16,20,22,26,28,30-31,33-34,37,39,43,45,49,51,62H,6-7,9,11-13,15,17-19,21,23-25,27,29,32,35-36,38,40-42,44,46-48,50,52-61H2,1-5H3/b10-8-,16-14-,22-20-,28-26-,31-30-,34-33-,39-37-,45-43-,51-49-. The van der Waals surface area contributed by atoms with Gasteiger partial charge < -0.3 is 27.9 Å². The van der Waals surface area contributed by atoms with Crippen LogP contribution in [0, 0.1) is 0 Å². The van der Waals surface area contributed by atoms with Crippen LogP contribution in [0.1, 0.15) is 232 Å². The first-order chi connectivity index (χ1) is 36.0. The molecule has 0 saturated carbocycles. The molecule has 9 nitrogen and oxygen atoms in total. The maximum Gasteiger partial charge on any atom is 0.306 e. The van der Waals surface area contributed by atoms with E-state index in [0.717, 1.165) is 77.0 Å². The zero-order valence-corrected chi connectivity index (χ0v) is 48.9. The number of hydrogen-bond donors (Lipinski definition) is 0. The highest BCUT2D eigenvalue weighted by molar-refractivity contribution is 7.45. The number of esters is 2. The van der Waals surface area contributed by atoms with Crippen LogP contribution in [0.5, 0.6) is 0 Å². The number of unbranched alkanes of at least 4 members (excludes halogenated alkanes) is 21. The first-order valence-corrected chi connectivity index (χ1v) is 31.1. The first-order valence-electron chi connectivity index (χ1n) is 29.6. The van der Waals surface area contributed by atoms with E-state index in [4.69, 9.17) is 18.5 Å². The van der Waals surface area contributed by atoms with E-state index in [1.165, 1.54) is 116 Å². The Labute approximate surface area is 455 Å². The van der Waals surface area contributed by atoms with Crippen LogP contribution in [0.25, 0.3) is 0 Å². The van der Waals surface area contributed by atoms with E-state index in [2.05, 4.69) is 117 Å². The molecule has 0 rings (SSSR count). The molecular formula is C64H110NO8P. The van der Waals surface area contributed by atoms with Crippen LogP contribution in [-0.2, 0) is 32.7 Å². The maximum absolute atomic E-state index is 12.8. The molecule has 0 aliphatic rings. The molecule has 0 N–H and O–H groups in total. The number of phosphoric ester groups is 1. The minimum Gasteiger partial charge on any atom is -0.756 e. The van der Waals surface area contributed by atoms with Gasteiger partial charge in [-0.2, -0.15) is 0 Å². The smallest absolute Gasteiger partial charge is 0.306 e. The lowest BCUT2D eigenvalue weighted by Crippen LogP contribution is -2.37. The second kappa shape index (κ2) is 54.5. The molecule has 0 fully saturated rings. The number of allylic oxidation sites excluding steroid dienone is 18. The van der Waals surface area contributed by atoms with Crippen LogP contribution in [0.3, 0.4) is 0 Å². The molecule has 0 amide bonds. The third kappa shape index (κ3) is 57.9. The van der Waals surface area contributed by atoms with Crippen LogP contribution in [0.15, 0.2) is 109 Å². The van der Waals surface area contributed by atoms with Crippen molar-refractivity contribution in [3.8, 4) is 0 Å². The molecule has 0 saturated heterocycles. The summed E-state index contributed by atoms with van der Waals surface area (Å²) in [5, 5.41) is 0. The molecule has 424 valence electrons. The van der Waals surface area contributed by atoms with E-state index in [0.29, 0.717) is 23.9 Å². The molecule has 0 heterocycles.